The first-order valence-electron chi connectivity index (χ1n) is 3.10. The molecule has 64 valence electrons. The maximum atomic E-state index is 11.9. The van der Waals surface area contributed by atoms with Gasteiger partial charge in [0.05, 0.1) is 12.8 Å². The molecule has 0 heterocycles. The molecule has 11 heavy (non-hydrogen) atoms. The minimum absolute atomic E-state index is 0.0863. The first kappa shape index (κ1) is 10.1. The van der Waals surface area contributed by atoms with Crippen LogP contribution in [0, 0.1) is 0 Å². The SMILES string of the molecule is CN=C(/C=C(/CF)OC)CF. The van der Waals surface area contributed by atoms with Crippen LogP contribution in [0.3, 0.4) is 0 Å². The lowest BCUT2D eigenvalue weighted by molar-refractivity contribution is 0.256. The molecule has 0 rings (SSSR count). The average Bonchev–Trinajstić information content (AvgIpc) is 2.07. The first-order chi connectivity index (χ1) is 5.28. The molecule has 0 N–H and O–H groups in total. The fraction of sp³-hybridized carbons (Fsp3) is 0.571. The van der Waals surface area contributed by atoms with Gasteiger partial charge in [-0.05, 0) is 0 Å². The minimum Gasteiger partial charge on any atom is -0.498 e. The molecule has 0 unspecified atom stereocenters. The van der Waals surface area contributed by atoms with E-state index in [2.05, 4.69) is 9.73 Å². The van der Waals surface area contributed by atoms with Crippen molar-refractivity contribution in [1.29, 1.82) is 0 Å². The quantitative estimate of drug-likeness (QED) is 0.455. The van der Waals surface area contributed by atoms with E-state index in [0.717, 1.165) is 0 Å². The molecule has 0 aromatic heterocycles. The molecule has 4 heteroatoms. The van der Waals surface area contributed by atoms with Gasteiger partial charge in [0.2, 0.25) is 0 Å². The molecule has 0 amide bonds. The van der Waals surface area contributed by atoms with Crippen molar-refractivity contribution in [2.75, 3.05) is 27.5 Å². The Balaban J connectivity index is 4.23. The maximum absolute atomic E-state index is 11.9. The van der Waals surface area contributed by atoms with E-state index >= 15 is 0 Å². The molecule has 0 bridgehead atoms. The summed E-state index contributed by atoms with van der Waals surface area (Å²) >= 11 is 0. The number of allylic oxidation sites excluding steroid dienone is 2. The van der Waals surface area contributed by atoms with Crippen LogP contribution in [0.5, 0.6) is 0 Å². The number of hydrogen-bond acceptors (Lipinski definition) is 2. The number of rotatable bonds is 4. The Morgan fingerprint density at radius 2 is 2.09 bits per heavy atom. The molecule has 0 saturated carbocycles. The number of methoxy groups -OCH3 is 1. The Morgan fingerprint density at radius 3 is 2.36 bits per heavy atom. The van der Waals surface area contributed by atoms with Gasteiger partial charge < -0.3 is 4.74 Å². The highest BCUT2D eigenvalue weighted by atomic mass is 19.1. The summed E-state index contributed by atoms with van der Waals surface area (Å²) in [4.78, 5) is 3.56. The average molecular weight is 163 g/mol. The van der Waals surface area contributed by atoms with Crippen LogP contribution in [0.2, 0.25) is 0 Å². The summed E-state index contributed by atoms with van der Waals surface area (Å²) in [6.07, 6.45) is 1.25. The van der Waals surface area contributed by atoms with Crippen LogP contribution >= 0.6 is 0 Å². The van der Waals surface area contributed by atoms with Gasteiger partial charge in [0.1, 0.15) is 19.1 Å². The largest absolute Gasteiger partial charge is 0.498 e. The molecule has 0 atom stereocenters. The number of hydrogen-bond donors (Lipinski definition) is 0. The monoisotopic (exact) mass is 163 g/mol. The predicted octanol–water partition coefficient (Wildman–Crippen LogP) is 1.53. The number of nitrogens with zero attached hydrogens (tertiary/aromatic N) is 1. The van der Waals surface area contributed by atoms with Crippen molar-refractivity contribution in [3.05, 3.63) is 11.8 Å². The third-order valence-corrected chi connectivity index (χ3v) is 1.15. The zero-order valence-corrected chi connectivity index (χ0v) is 6.60. The number of aliphatic imine (C=N–C) groups is 1. The van der Waals surface area contributed by atoms with Gasteiger partial charge >= 0.3 is 0 Å². The van der Waals surface area contributed by atoms with Crippen molar-refractivity contribution in [2.24, 2.45) is 4.99 Å². The van der Waals surface area contributed by atoms with Crippen LogP contribution in [-0.4, -0.2) is 33.2 Å². The smallest absolute Gasteiger partial charge is 0.147 e. The molecular formula is C7H11F2NO. The van der Waals surface area contributed by atoms with Crippen molar-refractivity contribution >= 4 is 5.71 Å². The number of alkyl halides is 2. The van der Waals surface area contributed by atoms with Gasteiger partial charge in [0, 0.05) is 13.1 Å². The van der Waals surface area contributed by atoms with Crippen LogP contribution in [0.25, 0.3) is 0 Å². The molecule has 0 aliphatic heterocycles. The summed E-state index contributed by atoms with van der Waals surface area (Å²) in [6, 6.07) is 0. The van der Waals surface area contributed by atoms with E-state index in [0.29, 0.717) is 0 Å². The lowest BCUT2D eigenvalue weighted by atomic mass is 10.3. The molecule has 0 radical (unpaired) electrons. The Labute approximate surface area is 64.6 Å². The van der Waals surface area contributed by atoms with Crippen molar-refractivity contribution in [1.82, 2.24) is 0 Å². The molecule has 0 saturated heterocycles. The summed E-state index contributed by atoms with van der Waals surface area (Å²) in [7, 11) is 2.77. The zero-order chi connectivity index (χ0) is 8.69. The van der Waals surface area contributed by atoms with Crippen LogP contribution in [0.4, 0.5) is 8.78 Å². The van der Waals surface area contributed by atoms with E-state index < -0.39 is 13.3 Å². The van der Waals surface area contributed by atoms with E-state index in [1.165, 1.54) is 20.2 Å². The Hall–Kier alpha value is -0.930. The van der Waals surface area contributed by atoms with Gasteiger partial charge in [-0.2, -0.15) is 0 Å². The molecule has 0 aromatic carbocycles. The summed E-state index contributed by atoms with van der Waals surface area (Å²) in [6.45, 7) is -1.45. The fourth-order valence-corrected chi connectivity index (χ4v) is 0.501. The normalized spacial score (nSPS) is 13.5. The second-order valence-electron chi connectivity index (χ2n) is 1.80. The lowest BCUT2D eigenvalue weighted by Crippen LogP contribution is -2.00. The van der Waals surface area contributed by atoms with E-state index in [4.69, 9.17) is 0 Å². The second kappa shape index (κ2) is 5.82. The van der Waals surface area contributed by atoms with Gasteiger partial charge in [-0.1, -0.05) is 0 Å². The topological polar surface area (TPSA) is 21.6 Å². The standard InChI is InChI=1S/C7H11F2NO/c1-10-6(4-8)3-7(5-9)11-2/h3H,4-5H2,1-2H3/b7-3-,10-6?. The summed E-state index contributed by atoms with van der Waals surface area (Å²) in [5.41, 5.74) is 0.180. The molecular weight excluding hydrogens is 152 g/mol. The van der Waals surface area contributed by atoms with Crippen LogP contribution < -0.4 is 0 Å². The second-order valence-corrected chi connectivity index (χ2v) is 1.80. The van der Waals surface area contributed by atoms with Crippen LogP contribution in [-0.2, 0) is 4.74 Å². The highest BCUT2D eigenvalue weighted by Gasteiger charge is 1.97. The molecule has 2 nitrogen and oxygen atoms in total. The zero-order valence-electron chi connectivity index (χ0n) is 6.60. The molecule has 0 spiro atoms. The van der Waals surface area contributed by atoms with Gasteiger partial charge in [-0.3, -0.25) is 4.99 Å². The van der Waals surface area contributed by atoms with Crippen LogP contribution in [0.1, 0.15) is 0 Å². The molecule has 0 aliphatic carbocycles. The minimum atomic E-state index is -0.741. The maximum Gasteiger partial charge on any atom is 0.147 e. The van der Waals surface area contributed by atoms with Gasteiger partial charge in [0.25, 0.3) is 0 Å². The third kappa shape index (κ3) is 3.70. The van der Waals surface area contributed by atoms with E-state index in [-0.39, 0.29) is 11.5 Å². The van der Waals surface area contributed by atoms with Gasteiger partial charge in [-0.25, -0.2) is 8.78 Å². The van der Waals surface area contributed by atoms with Crippen molar-refractivity contribution in [3.63, 3.8) is 0 Å². The van der Waals surface area contributed by atoms with Crippen molar-refractivity contribution < 1.29 is 13.5 Å². The number of halogens is 2. The molecule has 0 aliphatic rings. The molecule has 0 aromatic rings. The van der Waals surface area contributed by atoms with E-state index in [9.17, 15) is 8.78 Å². The Kier molecular flexibility index (Phi) is 5.33. The van der Waals surface area contributed by atoms with Crippen molar-refractivity contribution in [2.45, 2.75) is 0 Å². The van der Waals surface area contributed by atoms with Gasteiger partial charge in [0.15, 0.2) is 0 Å². The highest BCUT2D eigenvalue weighted by molar-refractivity contribution is 5.96. The Bertz CT molecular complexity index is 160. The number of ether oxygens (including phenoxy) is 1. The predicted molar refractivity (Wildman–Crippen MR) is 40.4 cm³/mol. The first-order valence-corrected chi connectivity index (χ1v) is 3.10. The van der Waals surface area contributed by atoms with E-state index in [1.54, 1.807) is 0 Å². The summed E-state index contributed by atoms with van der Waals surface area (Å²) in [5, 5.41) is 0. The van der Waals surface area contributed by atoms with Gasteiger partial charge in [-0.15, -0.1) is 0 Å². The Morgan fingerprint density at radius 1 is 1.45 bits per heavy atom. The fourth-order valence-electron chi connectivity index (χ4n) is 0.501. The van der Waals surface area contributed by atoms with Crippen molar-refractivity contribution in [3.8, 4) is 0 Å². The van der Waals surface area contributed by atoms with Crippen LogP contribution in [0.15, 0.2) is 16.8 Å². The van der Waals surface area contributed by atoms with E-state index in [1.807, 2.05) is 0 Å². The lowest BCUT2D eigenvalue weighted by Gasteiger charge is -1.99. The summed E-state index contributed by atoms with van der Waals surface area (Å²) < 4.78 is 28.4. The third-order valence-electron chi connectivity index (χ3n) is 1.15. The molecule has 0 fully saturated rings. The summed E-state index contributed by atoms with van der Waals surface area (Å²) in [5.74, 6) is 0.0863. The highest BCUT2D eigenvalue weighted by Crippen LogP contribution is 1.97.